The average molecular weight is 281 g/mol. The number of fused-ring (bicyclic) bond motifs is 2. The zero-order chi connectivity index (χ0) is 14.7. The normalized spacial score (nSPS) is 13.2. The molecule has 0 radical (unpaired) electrons. The third-order valence-electron chi connectivity index (χ3n) is 3.86. The van der Waals surface area contributed by atoms with E-state index in [1.54, 1.807) is 0 Å². The molecule has 1 heterocycles. The van der Waals surface area contributed by atoms with Crippen molar-refractivity contribution in [2.24, 2.45) is 0 Å². The van der Waals surface area contributed by atoms with Gasteiger partial charge in [-0.25, -0.2) is 0 Å². The molecule has 0 amide bonds. The van der Waals surface area contributed by atoms with Crippen molar-refractivity contribution in [3.8, 4) is 0 Å². The number of nitrogens with one attached hydrogen (secondary N) is 1. The first-order chi connectivity index (χ1) is 10.3. The van der Waals surface area contributed by atoms with E-state index >= 15 is 0 Å². The van der Waals surface area contributed by atoms with Gasteiger partial charge in [0.2, 0.25) is 0 Å². The number of para-hydroxylation sites is 2. The Kier molecular flexibility index (Phi) is 4.04. The summed E-state index contributed by atoms with van der Waals surface area (Å²) in [6.45, 7) is 0.196. The van der Waals surface area contributed by atoms with Gasteiger partial charge in [0.25, 0.3) is 0 Å². The van der Waals surface area contributed by atoms with Crippen molar-refractivity contribution in [3.05, 3.63) is 59.7 Å². The third kappa shape index (κ3) is 2.58. The minimum absolute atomic E-state index is 0.0980. The molecule has 21 heavy (non-hydrogen) atoms. The number of hydrogen-bond donors (Lipinski definition) is 3. The van der Waals surface area contributed by atoms with Gasteiger partial charge >= 0.3 is 0 Å². The lowest BCUT2D eigenvalue weighted by Gasteiger charge is -2.14. The number of anilines is 2. The van der Waals surface area contributed by atoms with E-state index in [-0.39, 0.29) is 13.2 Å². The van der Waals surface area contributed by atoms with Crippen LogP contribution in [0, 0.1) is 0 Å². The van der Waals surface area contributed by atoms with Crippen molar-refractivity contribution in [1.82, 2.24) is 0 Å². The molecule has 0 fully saturated rings. The van der Waals surface area contributed by atoms with Gasteiger partial charge in [0.05, 0.1) is 0 Å². The zero-order valence-corrected chi connectivity index (χ0v) is 11.8. The van der Waals surface area contributed by atoms with Crippen LogP contribution in [-0.2, 0) is 0 Å². The first-order valence-corrected chi connectivity index (χ1v) is 7.24. The van der Waals surface area contributed by atoms with Gasteiger partial charge in [-0.3, -0.25) is 0 Å². The smallest absolute Gasteiger partial charge is 0.0471 e. The SMILES string of the molecule is OCCC1=C(CCO)c2ccccc2Nc2ccccc21. The molecule has 1 aliphatic rings. The van der Waals surface area contributed by atoms with Crippen molar-refractivity contribution in [2.75, 3.05) is 18.5 Å². The maximum absolute atomic E-state index is 9.45. The molecule has 3 heteroatoms. The number of aliphatic hydroxyl groups is 2. The Balaban J connectivity index is 2.28. The van der Waals surface area contributed by atoms with E-state index in [0.717, 1.165) is 33.6 Å². The summed E-state index contributed by atoms with van der Waals surface area (Å²) in [6.07, 6.45) is 1.17. The summed E-state index contributed by atoms with van der Waals surface area (Å²) in [5.74, 6) is 0. The zero-order valence-electron chi connectivity index (χ0n) is 11.8. The molecule has 3 N–H and O–H groups in total. The van der Waals surface area contributed by atoms with Gasteiger partial charge in [-0.2, -0.15) is 0 Å². The van der Waals surface area contributed by atoms with Gasteiger partial charge < -0.3 is 15.5 Å². The molecule has 0 bridgehead atoms. The van der Waals surface area contributed by atoms with E-state index in [1.807, 2.05) is 36.4 Å². The molecule has 1 aliphatic heterocycles. The first-order valence-electron chi connectivity index (χ1n) is 7.24. The Hall–Kier alpha value is -2.10. The Morgan fingerprint density at radius 3 is 1.52 bits per heavy atom. The first kappa shape index (κ1) is 13.9. The van der Waals surface area contributed by atoms with E-state index in [9.17, 15) is 10.2 Å². The predicted molar refractivity (Wildman–Crippen MR) is 86.4 cm³/mol. The molecule has 108 valence electrons. The van der Waals surface area contributed by atoms with Crippen LogP contribution in [0.15, 0.2) is 48.5 Å². The molecule has 0 unspecified atom stereocenters. The molecule has 3 nitrogen and oxygen atoms in total. The quantitative estimate of drug-likeness (QED) is 0.805. The van der Waals surface area contributed by atoms with E-state index in [0.29, 0.717) is 12.8 Å². The summed E-state index contributed by atoms with van der Waals surface area (Å²) in [5, 5.41) is 22.4. The summed E-state index contributed by atoms with van der Waals surface area (Å²) >= 11 is 0. The van der Waals surface area contributed by atoms with Gasteiger partial charge in [0.15, 0.2) is 0 Å². The summed E-state index contributed by atoms with van der Waals surface area (Å²) in [4.78, 5) is 0. The molecule has 2 aromatic rings. The van der Waals surface area contributed by atoms with E-state index in [2.05, 4.69) is 17.4 Å². The van der Waals surface area contributed by atoms with Crippen LogP contribution in [0.3, 0.4) is 0 Å². The highest BCUT2D eigenvalue weighted by Crippen LogP contribution is 2.42. The van der Waals surface area contributed by atoms with Crippen LogP contribution in [0.1, 0.15) is 24.0 Å². The Morgan fingerprint density at radius 2 is 1.10 bits per heavy atom. The number of benzene rings is 2. The van der Waals surface area contributed by atoms with Crippen LogP contribution >= 0.6 is 0 Å². The van der Waals surface area contributed by atoms with Crippen LogP contribution in [-0.4, -0.2) is 23.4 Å². The molecule has 2 aromatic carbocycles. The minimum atomic E-state index is 0.0980. The van der Waals surface area contributed by atoms with Crippen molar-refractivity contribution < 1.29 is 10.2 Å². The fourth-order valence-corrected chi connectivity index (χ4v) is 2.98. The van der Waals surface area contributed by atoms with Crippen molar-refractivity contribution in [2.45, 2.75) is 12.8 Å². The summed E-state index contributed by atoms with van der Waals surface area (Å²) < 4.78 is 0. The second-order valence-electron chi connectivity index (χ2n) is 5.12. The molecule has 0 spiro atoms. The summed E-state index contributed by atoms with van der Waals surface area (Å²) in [7, 11) is 0. The molecule has 0 saturated heterocycles. The number of hydrogen-bond acceptors (Lipinski definition) is 3. The van der Waals surface area contributed by atoms with Crippen LogP contribution < -0.4 is 5.32 Å². The van der Waals surface area contributed by atoms with E-state index in [1.165, 1.54) is 0 Å². The highest BCUT2D eigenvalue weighted by molar-refractivity contribution is 6.00. The second-order valence-corrected chi connectivity index (χ2v) is 5.12. The Bertz CT molecular complexity index is 619. The lowest BCUT2D eigenvalue weighted by atomic mass is 9.91. The maximum Gasteiger partial charge on any atom is 0.0471 e. The molecule has 0 aromatic heterocycles. The Morgan fingerprint density at radius 1 is 0.667 bits per heavy atom. The fourth-order valence-electron chi connectivity index (χ4n) is 2.98. The maximum atomic E-state index is 9.45. The molecule has 0 atom stereocenters. The summed E-state index contributed by atoms with van der Waals surface area (Å²) in [6, 6.07) is 16.2. The fraction of sp³-hybridized carbons (Fsp3) is 0.222. The van der Waals surface area contributed by atoms with Crippen LogP contribution in [0.25, 0.3) is 11.1 Å². The minimum Gasteiger partial charge on any atom is -0.396 e. The highest BCUT2D eigenvalue weighted by atomic mass is 16.3. The lowest BCUT2D eigenvalue weighted by Crippen LogP contribution is -1.97. The van der Waals surface area contributed by atoms with Gasteiger partial charge in [-0.05, 0) is 36.1 Å². The van der Waals surface area contributed by atoms with Crippen LogP contribution in [0.5, 0.6) is 0 Å². The van der Waals surface area contributed by atoms with Crippen LogP contribution in [0.2, 0.25) is 0 Å². The van der Waals surface area contributed by atoms with E-state index < -0.39 is 0 Å². The molecule has 3 rings (SSSR count). The van der Waals surface area contributed by atoms with Crippen molar-refractivity contribution >= 4 is 22.5 Å². The standard InChI is InChI=1S/C18H19NO2/c20-11-9-13-14(10-12-21)16-6-2-4-8-18(16)19-17-7-3-1-5-15(13)17/h1-8,19-21H,9-12H2. The monoisotopic (exact) mass is 281 g/mol. The van der Waals surface area contributed by atoms with Gasteiger partial charge in [0, 0.05) is 35.7 Å². The Labute approximate surface area is 124 Å². The largest absolute Gasteiger partial charge is 0.396 e. The van der Waals surface area contributed by atoms with Gasteiger partial charge in [-0.1, -0.05) is 36.4 Å². The highest BCUT2D eigenvalue weighted by Gasteiger charge is 2.20. The van der Waals surface area contributed by atoms with Gasteiger partial charge in [-0.15, -0.1) is 0 Å². The molecular formula is C18H19NO2. The van der Waals surface area contributed by atoms with Crippen molar-refractivity contribution in [1.29, 1.82) is 0 Å². The molecular weight excluding hydrogens is 262 g/mol. The average Bonchev–Trinajstić information content (AvgIpc) is 2.64. The molecule has 0 saturated carbocycles. The second kappa shape index (κ2) is 6.12. The van der Waals surface area contributed by atoms with Crippen molar-refractivity contribution in [3.63, 3.8) is 0 Å². The van der Waals surface area contributed by atoms with Gasteiger partial charge in [0.1, 0.15) is 0 Å². The molecule has 0 aliphatic carbocycles. The van der Waals surface area contributed by atoms with E-state index in [4.69, 9.17) is 0 Å². The number of rotatable bonds is 4. The predicted octanol–water partition coefficient (Wildman–Crippen LogP) is 3.42. The summed E-state index contributed by atoms with van der Waals surface area (Å²) in [5.41, 5.74) is 6.51. The number of aliphatic hydroxyl groups excluding tert-OH is 2. The third-order valence-corrected chi connectivity index (χ3v) is 3.86. The lowest BCUT2D eigenvalue weighted by molar-refractivity contribution is 0.301. The van der Waals surface area contributed by atoms with Crippen LogP contribution in [0.4, 0.5) is 11.4 Å². The topological polar surface area (TPSA) is 52.5 Å².